The van der Waals surface area contributed by atoms with Crippen molar-refractivity contribution in [3.63, 3.8) is 0 Å². The Bertz CT molecular complexity index is 4280. The molecule has 4 N–H and O–H groups in total. The maximum Gasteiger partial charge on any atom is 0.127 e. The summed E-state index contributed by atoms with van der Waals surface area (Å²) in [5, 5.41) is 39.1. The number of aromatic nitrogens is 2. The molecule has 0 aliphatic heterocycles. The minimum absolute atomic E-state index is 0.288. The first kappa shape index (κ1) is 110. The van der Waals surface area contributed by atoms with Crippen LogP contribution in [0.5, 0.6) is 11.5 Å². The van der Waals surface area contributed by atoms with E-state index in [-0.39, 0.29) is 5.41 Å². The van der Waals surface area contributed by atoms with E-state index in [0.29, 0.717) is 93.6 Å². The van der Waals surface area contributed by atoms with Gasteiger partial charge in [0.1, 0.15) is 11.5 Å². The molecule has 0 spiro atoms. The predicted octanol–water partition coefficient (Wildman–Crippen LogP) is 28.9. The molecule has 9 rings (SSSR count). The Hall–Kier alpha value is -6.46. The van der Waals surface area contributed by atoms with Gasteiger partial charge in [-0.3, -0.25) is 0 Å². The molecule has 118 heavy (non-hydrogen) atoms. The van der Waals surface area contributed by atoms with E-state index < -0.39 is 89.1 Å². The summed E-state index contributed by atoms with van der Waals surface area (Å²) in [7, 11) is 1.69. The first-order valence-electron chi connectivity index (χ1n) is 39.6. The molecule has 0 aliphatic carbocycles. The smallest absolute Gasteiger partial charge is 0.127 e. The van der Waals surface area contributed by atoms with Gasteiger partial charge in [-0.2, -0.15) is 62.3 Å². The van der Waals surface area contributed by atoms with Gasteiger partial charge in [0.15, 0.2) is 16.8 Å². The molecular formula is C96H134F9MoN5O5W2-2. The van der Waals surface area contributed by atoms with Crippen LogP contribution < -0.4 is 14.7 Å². The number of aliphatic hydroxyl groups is 3. The maximum absolute atomic E-state index is 11.3. The second-order valence-electron chi connectivity index (χ2n) is 35.5. The molecule has 2 heterocycles. The first-order valence-corrected chi connectivity index (χ1v) is 47.7. The summed E-state index contributed by atoms with van der Waals surface area (Å²) in [5.41, 5.74) is 12.0. The standard InChI is InChI=1S/C21H16O2.3C12H17N.2C6H8N.3C5H10.3C4H7F3O.Mo.2W/c1-23-19-13-5-9-15-7-3-11-17(21(15)19)16-10-2-6-14-8-4-12-18(22)20(14)16;3*1-8(2)10-6-5-7-11(9(3)4)12(10)13;2*1-5-3-4-6(2)7-5;3*1-5(2,3)4;3*1-3(2,8)4(5,6)7;;;/h2-13,22H,1H3;3*5-9H,1-4H3;2*3-4H,1-2H3;3*1H,2-4H3;3*8H,1-2H3;;;/q;;;;2*-1;;;;;;;;;. The van der Waals surface area contributed by atoms with Crippen molar-refractivity contribution in [2.75, 3.05) is 7.11 Å². The number of benzene rings is 7. The number of phenolic OH excluding ortho intramolecular Hbond substituents is 1. The predicted molar refractivity (Wildman–Crippen MR) is 467 cm³/mol. The van der Waals surface area contributed by atoms with Crippen molar-refractivity contribution in [1.29, 1.82) is 0 Å². The molecule has 7 aromatic carbocycles. The van der Waals surface area contributed by atoms with Crippen LogP contribution in [-0.4, -0.2) is 76.1 Å². The normalized spacial score (nSPS) is 11.9. The number of ether oxygens (including phenoxy) is 1. The molecule has 0 saturated carbocycles. The molecule has 0 radical (unpaired) electrons. The van der Waals surface area contributed by atoms with Gasteiger partial charge in [0.25, 0.3) is 0 Å². The van der Waals surface area contributed by atoms with E-state index in [9.17, 15) is 44.6 Å². The van der Waals surface area contributed by atoms with Crippen molar-refractivity contribution in [2.45, 2.75) is 285 Å². The summed E-state index contributed by atoms with van der Waals surface area (Å²) in [6, 6.07) is 51.9. The van der Waals surface area contributed by atoms with E-state index in [1.165, 1.54) is 50.4 Å². The van der Waals surface area contributed by atoms with Gasteiger partial charge < -0.3 is 35.1 Å². The molecule has 10 nitrogen and oxygen atoms in total. The minimum Gasteiger partial charge on any atom is -0.665 e. The third kappa shape index (κ3) is 40.0. The summed E-state index contributed by atoms with van der Waals surface area (Å²) in [6.07, 6.45) is -13.5. The quantitative estimate of drug-likeness (QED) is 0.0742. The molecule has 0 unspecified atom stereocenters. The number of hydrogen-bond acceptors (Lipinski definition) is 8. The summed E-state index contributed by atoms with van der Waals surface area (Å²) >= 11 is -1.93. The monoisotopic (exact) mass is 2070 g/mol. The van der Waals surface area contributed by atoms with Crippen LogP contribution >= 0.6 is 0 Å². The molecule has 0 bridgehead atoms. The Morgan fingerprint density at radius 3 is 0.839 bits per heavy atom. The van der Waals surface area contributed by atoms with E-state index >= 15 is 0 Å². The van der Waals surface area contributed by atoms with E-state index in [4.69, 9.17) is 30.5 Å². The van der Waals surface area contributed by atoms with Gasteiger partial charge >= 0.3 is 398 Å². The zero-order valence-electron chi connectivity index (χ0n) is 75.7. The first-order chi connectivity index (χ1) is 53.8. The van der Waals surface area contributed by atoms with Gasteiger partial charge in [-0.1, -0.05) is 113 Å². The second-order valence-corrected chi connectivity index (χ2v) is 41.6. The van der Waals surface area contributed by atoms with Crippen LogP contribution in [0.2, 0.25) is 0 Å². The molecule has 0 fully saturated rings. The Morgan fingerprint density at radius 1 is 0.356 bits per heavy atom. The van der Waals surface area contributed by atoms with E-state index in [2.05, 4.69) is 241 Å². The van der Waals surface area contributed by atoms with Crippen LogP contribution in [-0.2, 0) is 53.8 Å². The van der Waals surface area contributed by atoms with Crippen LogP contribution in [0.25, 0.3) is 32.7 Å². The van der Waals surface area contributed by atoms with E-state index in [0.717, 1.165) is 61.2 Å². The SMILES string of the molecule is CC(C)(O)C(F)(F)F.CC(C)(O)C(F)(F)F.CC(C)(O)C(F)(F)F.CC(C)c1cccc(C(C)C)c1[N]=[Mo]=[CH]C(C)(C)C.CC(C)c1cccc(C(C)C)c1[N]=[W]=[CH]C(C)(C)C.CC(C)c1cccc(C(C)C)c1[N]=[W]=[CH]C(C)(C)C.COc1cccc2cccc(-c3cccc4cccc(O)c34)c12.Cc1ccc(C)[n-]1.Cc1ccc(C)[n-]1. The average molecular weight is 2070 g/mol. The van der Waals surface area contributed by atoms with Crippen LogP contribution in [0.1, 0.15) is 279 Å². The fourth-order valence-corrected chi connectivity index (χ4v) is 16.6. The fourth-order valence-electron chi connectivity index (χ4n) is 10.00. The van der Waals surface area contributed by atoms with E-state index in [1.54, 1.807) is 13.2 Å². The zero-order chi connectivity index (χ0) is 91.3. The van der Waals surface area contributed by atoms with Gasteiger partial charge in [-0.05, 0) is 75.6 Å². The average Bonchev–Trinajstić information content (AvgIpc) is 0.826. The summed E-state index contributed by atoms with van der Waals surface area (Å²) in [6.45, 7) is 59.6. The van der Waals surface area contributed by atoms with Crippen molar-refractivity contribution in [3.05, 3.63) is 208 Å². The van der Waals surface area contributed by atoms with Crippen molar-refractivity contribution in [3.8, 4) is 22.6 Å². The minimum atomic E-state index is -4.51. The molecule has 0 atom stereocenters. The second kappa shape index (κ2) is 48.4. The molecule has 0 amide bonds. The number of aromatic hydroxyl groups is 1. The van der Waals surface area contributed by atoms with Gasteiger partial charge in [0.2, 0.25) is 0 Å². The van der Waals surface area contributed by atoms with Crippen molar-refractivity contribution >= 4 is 51.8 Å². The number of alkyl halides is 9. The topological polar surface area (TPSA) is 155 Å². The van der Waals surface area contributed by atoms with Gasteiger partial charge in [0, 0.05) is 10.8 Å². The van der Waals surface area contributed by atoms with Crippen molar-refractivity contribution in [1.82, 2.24) is 9.97 Å². The number of rotatable bonds is 11. The van der Waals surface area contributed by atoms with Crippen LogP contribution in [0.15, 0.2) is 162 Å². The molecule has 9 aromatic rings. The number of halogens is 9. The Morgan fingerprint density at radius 2 is 0.602 bits per heavy atom. The Labute approximate surface area is 724 Å². The van der Waals surface area contributed by atoms with Crippen LogP contribution in [0, 0.1) is 43.9 Å². The summed E-state index contributed by atoms with van der Waals surface area (Å²) < 4.78 is 130. The third-order valence-corrected chi connectivity index (χ3v) is 27.5. The third-order valence-electron chi connectivity index (χ3n) is 16.9. The van der Waals surface area contributed by atoms with Crippen molar-refractivity contribution < 1.29 is 118 Å². The Kier molecular flexibility index (Phi) is 44.9. The molecule has 656 valence electrons. The number of methoxy groups -OCH3 is 1. The van der Waals surface area contributed by atoms with Gasteiger partial charge in [0.05, 0.1) is 7.11 Å². The van der Waals surface area contributed by atoms with Crippen LogP contribution in [0.3, 0.4) is 0 Å². The van der Waals surface area contributed by atoms with E-state index in [1.807, 2.05) is 100 Å². The molecule has 0 aliphatic rings. The number of phenols is 1. The molecule has 2 aromatic heterocycles. The largest absolute Gasteiger partial charge is 0.665 e. The van der Waals surface area contributed by atoms with Gasteiger partial charge in [-0.25, -0.2) is 0 Å². The molecular weight excluding hydrogens is 1940 g/mol. The molecule has 22 heteroatoms. The van der Waals surface area contributed by atoms with Crippen LogP contribution in [0.4, 0.5) is 56.6 Å². The number of nitrogens with zero attached hydrogens (tertiary/aromatic N) is 5. The maximum atomic E-state index is 11.3. The summed E-state index contributed by atoms with van der Waals surface area (Å²) in [4.78, 5) is 8.22. The zero-order valence-corrected chi connectivity index (χ0v) is 83.6. The van der Waals surface area contributed by atoms with Gasteiger partial charge in [-0.15, -0.1) is 0 Å². The number of hydrogen-bond donors (Lipinski definition) is 4. The van der Waals surface area contributed by atoms with Crippen molar-refractivity contribution in [2.24, 2.45) is 26.7 Å². The summed E-state index contributed by atoms with van der Waals surface area (Å²) in [5.74, 6) is 4.41. The number of aryl methyl sites for hydroxylation is 4. The fraction of sp³-hybridized carbons (Fsp3) is 0.490. The Balaban J connectivity index is 0.000000688. The molecule has 0 saturated heterocycles. The number of fused-ring (bicyclic) bond motifs is 2.